The summed E-state index contributed by atoms with van der Waals surface area (Å²) < 4.78 is 2.59. The second-order valence-electron chi connectivity index (χ2n) is 17.3. The lowest BCUT2D eigenvalue weighted by molar-refractivity contribution is -0.131. The Morgan fingerprint density at radius 2 is 1.54 bits per heavy atom. The fourth-order valence-corrected chi connectivity index (χ4v) is 12.4. The molecule has 63 heavy (non-hydrogen) atoms. The molecule has 7 aromatic rings. The first-order valence-corrected chi connectivity index (χ1v) is 22.2. The molecule has 0 spiro atoms. The van der Waals surface area contributed by atoms with Crippen LogP contribution < -0.4 is 9.80 Å². The number of anilines is 2. The van der Waals surface area contributed by atoms with E-state index in [1.165, 1.54) is 9.80 Å². The highest BCUT2D eigenvalue weighted by Gasteiger charge is 2.68. The highest BCUT2D eigenvalue weighted by molar-refractivity contribution is 7.22. The molecule has 2 aromatic heterocycles. The maximum Gasteiger partial charge on any atom is 0.242 e. The number of aromatic hydroxyl groups is 1. The maximum atomic E-state index is 15.5. The van der Waals surface area contributed by atoms with Crippen LogP contribution >= 0.6 is 22.9 Å². The molecule has 2 aliphatic carbocycles. The molecule has 5 aromatic carbocycles. The van der Waals surface area contributed by atoms with Crippen LogP contribution in [0.25, 0.3) is 31.4 Å². The highest BCUT2D eigenvalue weighted by atomic mass is 35.5. The summed E-state index contributed by atoms with van der Waals surface area (Å²) in [6.07, 6.45) is 2.36. The van der Waals surface area contributed by atoms with Crippen molar-refractivity contribution in [2.24, 2.45) is 36.1 Å². The average molecular weight is 871 g/mol. The summed E-state index contributed by atoms with van der Waals surface area (Å²) in [6.45, 7) is 3.82. The molecule has 1 saturated carbocycles. The van der Waals surface area contributed by atoms with Crippen LogP contribution in [0.4, 0.5) is 11.5 Å². The zero-order valence-electron chi connectivity index (χ0n) is 34.4. The minimum absolute atomic E-state index is 0.0233. The van der Waals surface area contributed by atoms with Gasteiger partial charge in [-0.3, -0.25) is 33.6 Å². The average Bonchev–Trinajstić information content (AvgIpc) is 3.97. The Balaban J connectivity index is 1.01. The van der Waals surface area contributed by atoms with E-state index in [0.29, 0.717) is 38.9 Å². The normalized spacial score (nSPS) is 24.3. The summed E-state index contributed by atoms with van der Waals surface area (Å²) in [6, 6.07) is 34.0. The molecule has 0 unspecified atom stereocenters. The Morgan fingerprint density at radius 1 is 0.810 bits per heavy atom. The van der Waals surface area contributed by atoms with E-state index < -0.39 is 52.7 Å². The van der Waals surface area contributed by atoms with Gasteiger partial charge in [0.1, 0.15) is 17.3 Å². The molecule has 312 valence electrons. The summed E-state index contributed by atoms with van der Waals surface area (Å²) in [7, 11) is 1.71. The minimum Gasteiger partial charge on any atom is -0.508 e. The Kier molecular flexibility index (Phi) is 8.81. The summed E-state index contributed by atoms with van der Waals surface area (Å²) in [4.78, 5) is 76.4. The zero-order valence-corrected chi connectivity index (χ0v) is 36.0. The number of imide groups is 2. The molecule has 0 bridgehead atoms. The molecule has 10 nitrogen and oxygen atoms in total. The van der Waals surface area contributed by atoms with Gasteiger partial charge in [-0.25, -0.2) is 4.90 Å². The topological polar surface area (TPSA) is 130 Å². The molecule has 4 heterocycles. The van der Waals surface area contributed by atoms with Gasteiger partial charge >= 0.3 is 0 Å². The van der Waals surface area contributed by atoms with Crippen LogP contribution in [0.15, 0.2) is 127 Å². The van der Waals surface area contributed by atoms with Crippen molar-refractivity contribution in [1.82, 2.24) is 9.78 Å². The molecule has 2 saturated heterocycles. The number of carbonyl (C=O) groups excluding carboxylic acids is 5. The number of thiophene rings is 1. The highest BCUT2D eigenvalue weighted by Crippen LogP contribution is 2.65. The number of amides is 4. The lowest BCUT2D eigenvalue weighted by Gasteiger charge is -2.49. The van der Waals surface area contributed by atoms with E-state index in [2.05, 4.69) is 0 Å². The fraction of sp³-hybridized carbons (Fsp3) is 0.216. The van der Waals surface area contributed by atoms with Crippen LogP contribution in [0.2, 0.25) is 5.02 Å². The van der Waals surface area contributed by atoms with E-state index >= 15 is 9.59 Å². The third-order valence-electron chi connectivity index (χ3n) is 14.1. The predicted molar refractivity (Wildman–Crippen MR) is 243 cm³/mol. The minimum atomic E-state index is -1.39. The molecule has 6 atom stereocenters. The Bertz CT molecular complexity index is 3190. The number of hydrogen-bond donors (Lipinski definition) is 1. The number of phenolic OH excluding ortho intramolecular Hbond substituents is 1. The van der Waals surface area contributed by atoms with E-state index in [-0.39, 0.29) is 30.3 Å². The van der Waals surface area contributed by atoms with Crippen molar-refractivity contribution in [2.75, 3.05) is 9.80 Å². The van der Waals surface area contributed by atoms with Gasteiger partial charge in [0.25, 0.3) is 0 Å². The van der Waals surface area contributed by atoms with Gasteiger partial charge in [-0.05, 0) is 103 Å². The largest absolute Gasteiger partial charge is 0.508 e. The van der Waals surface area contributed by atoms with Gasteiger partial charge in [-0.2, -0.15) is 5.10 Å². The van der Waals surface area contributed by atoms with Crippen molar-refractivity contribution >= 4 is 84.7 Å². The SMILES string of the molecule is Cc1c(-c2cc(N3C(=O)[C@@H]4C[C@@H]5C(=CC[C@@H]6C(=O)N(c7ccc(C(=O)c8ccccc8)cc7)C(=O)[C@@H]65)[C@H](c5c(O)ccc6ccccc56)[C@]4(C)C3=O)n(C)n2)sc2ccc(Cl)cc12. The summed E-state index contributed by atoms with van der Waals surface area (Å²) in [5, 5.41) is 19.9. The summed E-state index contributed by atoms with van der Waals surface area (Å²) in [5.41, 5.74) is 2.79. The fourth-order valence-electron chi connectivity index (χ4n) is 11.1. The molecular weight excluding hydrogens is 832 g/mol. The second kappa shape index (κ2) is 14.2. The van der Waals surface area contributed by atoms with Crippen molar-refractivity contribution in [2.45, 2.75) is 32.6 Å². The van der Waals surface area contributed by atoms with E-state index in [9.17, 15) is 19.5 Å². The molecular formula is C51H39ClN4O6S. The number of aryl methyl sites for hydroxylation is 2. The monoisotopic (exact) mass is 870 g/mol. The number of hydrogen-bond acceptors (Lipinski definition) is 8. The van der Waals surface area contributed by atoms with Crippen molar-refractivity contribution in [3.8, 4) is 16.3 Å². The molecule has 12 heteroatoms. The van der Waals surface area contributed by atoms with Gasteiger partial charge in [0.05, 0.1) is 33.7 Å². The number of phenols is 1. The summed E-state index contributed by atoms with van der Waals surface area (Å²) >= 11 is 7.91. The Morgan fingerprint density at radius 3 is 2.32 bits per heavy atom. The number of allylic oxidation sites excluding steroid dienone is 2. The zero-order chi connectivity index (χ0) is 43.6. The number of aromatic nitrogens is 2. The molecule has 2 aliphatic heterocycles. The van der Waals surface area contributed by atoms with Gasteiger partial charge in [-0.1, -0.05) is 83.9 Å². The molecule has 0 radical (unpaired) electrons. The van der Waals surface area contributed by atoms with Crippen LogP contribution in [-0.2, 0) is 26.2 Å². The lowest BCUT2D eigenvalue weighted by Crippen LogP contribution is -2.49. The van der Waals surface area contributed by atoms with Crippen LogP contribution in [0, 0.1) is 36.0 Å². The molecule has 3 fully saturated rings. The van der Waals surface area contributed by atoms with E-state index in [1.54, 1.807) is 83.7 Å². The van der Waals surface area contributed by atoms with Crippen LogP contribution in [0.3, 0.4) is 0 Å². The van der Waals surface area contributed by atoms with Gasteiger partial charge < -0.3 is 5.11 Å². The van der Waals surface area contributed by atoms with Crippen LogP contribution in [0.5, 0.6) is 5.75 Å². The van der Waals surface area contributed by atoms with E-state index in [1.807, 2.05) is 74.5 Å². The molecule has 4 amide bonds. The van der Waals surface area contributed by atoms with E-state index in [4.69, 9.17) is 16.7 Å². The number of benzene rings is 5. The Hall–Kier alpha value is -6.69. The van der Waals surface area contributed by atoms with E-state index in [0.717, 1.165) is 36.9 Å². The van der Waals surface area contributed by atoms with Crippen LogP contribution in [-0.4, -0.2) is 44.3 Å². The number of rotatable bonds is 6. The lowest BCUT2D eigenvalue weighted by atomic mass is 9.51. The van der Waals surface area contributed by atoms with Crippen molar-refractivity contribution in [3.05, 3.63) is 154 Å². The van der Waals surface area contributed by atoms with Gasteiger partial charge in [-0.15, -0.1) is 11.3 Å². The van der Waals surface area contributed by atoms with Crippen molar-refractivity contribution in [3.63, 3.8) is 0 Å². The van der Waals surface area contributed by atoms with Gasteiger partial charge in [0, 0.05) is 45.4 Å². The van der Waals surface area contributed by atoms with Gasteiger partial charge in [0.2, 0.25) is 23.6 Å². The van der Waals surface area contributed by atoms with Gasteiger partial charge in [0.15, 0.2) is 5.78 Å². The molecule has 11 rings (SSSR count). The third kappa shape index (κ3) is 5.62. The first-order valence-electron chi connectivity index (χ1n) is 21.0. The number of halogens is 1. The molecule has 4 aliphatic rings. The standard InChI is InChI=1S/C51H39ClN4O6S/c1-26-35-23-30(52)16-22-40(35)63-46(26)38-25-41(54(3)53-38)56-48(60)37-24-36-33(44(51(37,2)50(56)62)43-32-12-8-7-9-27(32)15-21-39(43)57)19-20-34-42(36)49(61)55(47(34)59)31-17-13-29(14-18-31)45(58)28-10-5-4-6-11-28/h4-19,21-23,25,34,36-37,42,44,57H,20,24H2,1-3H3/t34-,36+,37-,42-,44+,51+/m0/s1. The third-order valence-corrected chi connectivity index (χ3v) is 15.7. The quantitative estimate of drug-likeness (QED) is 0.100. The predicted octanol–water partition coefficient (Wildman–Crippen LogP) is 9.79. The number of carbonyl (C=O) groups is 5. The Labute approximate surface area is 371 Å². The second-order valence-corrected chi connectivity index (χ2v) is 18.8. The number of nitrogens with zero attached hydrogens (tertiary/aromatic N) is 4. The first-order chi connectivity index (χ1) is 30.4. The maximum absolute atomic E-state index is 15.5. The smallest absolute Gasteiger partial charge is 0.242 e. The van der Waals surface area contributed by atoms with Crippen molar-refractivity contribution < 1.29 is 29.1 Å². The van der Waals surface area contributed by atoms with Crippen molar-refractivity contribution in [1.29, 1.82) is 0 Å². The number of fused-ring (bicyclic) bond motifs is 6. The number of ketones is 1. The summed E-state index contributed by atoms with van der Waals surface area (Å²) in [5.74, 6) is -5.34. The van der Waals surface area contributed by atoms with Crippen LogP contribution in [0.1, 0.15) is 52.7 Å². The molecule has 1 N–H and O–H groups in total. The first kappa shape index (κ1) is 39.2.